The topological polar surface area (TPSA) is 69.7 Å². The maximum atomic E-state index is 11.7. The van der Waals surface area contributed by atoms with Crippen LogP contribution in [0.2, 0.25) is 0 Å². The Hall–Kier alpha value is -1.22. The van der Waals surface area contributed by atoms with E-state index in [-0.39, 0.29) is 25.6 Å². The molecule has 1 rings (SSSR count). The minimum Gasteiger partial charge on any atom is -0.466 e. The number of rotatable bonds is 11. The third-order valence-electron chi connectivity index (χ3n) is 3.85. The first-order valence-electron chi connectivity index (χ1n) is 8.74. The zero-order valence-electron chi connectivity index (χ0n) is 14.8. The van der Waals surface area contributed by atoms with Crippen LogP contribution in [-0.2, 0) is 23.9 Å². The van der Waals surface area contributed by atoms with Gasteiger partial charge >= 0.3 is 11.9 Å². The molecular formula is C18H29O5P. The van der Waals surface area contributed by atoms with Crippen LogP contribution >= 0.6 is 7.92 Å². The van der Waals surface area contributed by atoms with Crippen molar-refractivity contribution in [2.75, 3.05) is 25.5 Å². The van der Waals surface area contributed by atoms with Crippen molar-refractivity contribution in [3.05, 3.63) is 11.4 Å². The maximum Gasteiger partial charge on any atom is 0.302 e. The molecule has 0 unspecified atom stereocenters. The lowest BCUT2D eigenvalue weighted by Gasteiger charge is -2.23. The third-order valence-corrected chi connectivity index (χ3v) is 6.72. The smallest absolute Gasteiger partial charge is 0.302 e. The second kappa shape index (κ2) is 12.2. The van der Waals surface area contributed by atoms with E-state index in [4.69, 9.17) is 9.47 Å². The van der Waals surface area contributed by atoms with Crippen molar-refractivity contribution in [2.45, 2.75) is 58.8 Å². The first-order valence-corrected chi connectivity index (χ1v) is 10.5. The second-order valence-electron chi connectivity index (χ2n) is 6.04. The molecule has 0 saturated carbocycles. The van der Waals surface area contributed by atoms with Crippen LogP contribution in [0.25, 0.3) is 0 Å². The summed E-state index contributed by atoms with van der Waals surface area (Å²) in [5, 5.41) is 1.33. The van der Waals surface area contributed by atoms with E-state index in [1.165, 1.54) is 19.2 Å². The molecule has 0 aromatic heterocycles. The van der Waals surface area contributed by atoms with E-state index in [2.05, 4.69) is 0 Å². The highest BCUT2D eigenvalue weighted by atomic mass is 31.1. The van der Waals surface area contributed by atoms with Crippen LogP contribution in [-0.4, -0.2) is 43.3 Å². The van der Waals surface area contributed by atoms with E-state index >= 15 is 0 Å². The van der Waals surface area contributed by atoms with Crippen LogP contribution < -0.4 is 0 Å². The Kier molecular flexibility index (Phi) is 10.6. The molecule has 0 heterocycles. The zero-order valence-corrected chi connectivity index (χ0v) is 15.7. The van der Waals surface area contributed by atoms with Crippen LogP contribution in [0.4, 0.5) is 0 Å². The normalized spacial score (nSPS) is 14.5. The molecule has 0 spiro atoms. The fourth-order valence-electron chi connectivity index (χ4n) is 2.66. The summed E-state index contributed by atoms with van der Waals surface area (Å²) in [5.74, 6) is -0.213. The van der Waals surface area contributed by atoms with Crippen LogP contribution in [0.3, 0.4) is 0 Å². The standard InChI is InChI=1S/C18H29O5P/c1-15(19)22-10-3-5-12-24(13-6-4-11-23-16(2)20)18-9-7-8-17(21)14-18/h14H,3-13H2,1-2H3. The molecule has 0 aliphatic heterocycles. The van der Waals surface area contributed by atoms with Crippen molar-refractivity contribution in [1.82, 2.24) is 0 Å². The molecule has 6 heteroatoms. The Morgan fingerprint density at radius 2 is 1.50 bits per heavy atom. The number of ether oxygens (including phenoxy) is 2. The van der Waals surface area contributed by atoms with Gasteiger partial charge in [0.1, 0.15) is 0 Å². The van der Waals surface area contributed by atoms with E-state index in [9.17, 15) is 14.4 Å². The van der Waals surface area contributed by atoms with Gasteiger partial charge in [-0.15, -0.1) is 0 Å². The summed E-state index contributed by atoms with van der Waals surface area (Å²) in [5.41, 5.74) is 0. The SMILES string of the molecule is CC(=O)OCCCCP(CCCCOC(C)=O)C1=CC(=O)CCC1. The predicted octanol–water partition coefficient (Wildman–Crippen LogP) is 3.79. The molecule has 136 valence electrons. The average molecular weight is 356 g/mol. The zero-order chi connectivity index (χ0) is 17.8. The number of hydrogen-bond donors (Lipinski definition) is 0. The molecule has 0 radical (unpaired) electrons. The van der Waals surface area contributed by atoms with Gasteiger partial charge in [-0.25, -0.2) is 0 Å². The molecule has 1 aliphatic rings. The molecule has 24 heavy (non-hydrogen) atoms. The van der Waals surface area contributed by atoms with E-state index in [0.29, 0.717) is 19.6 Å². The van der Waals surface area contributed by atoms with Crippen molar-refractivity contribution >= 4 is 25.6 Å². The molecule has 0 aromatic rings. The van der Waals surface area contributed by atoms with Gasteiger partial charge in [-0.2, -0.15) is 0 Å². The van der Waals surface area contributed by atoms with Gasteiger partial charge in [-0.05, 0) is 62.2 Å². The molecule has 5 nitrogen and oxygen atoms in total. The highest BCUT2D eigenvalue weighted by Gasteiger charge is 2.18. The molecule has 1 aliphatic carbocycles. The van der Waals surface area contributed by atoms with Crippen molar-refractivity contribution in [2.24, 2.45) is 0 Å². The average Bonchev–Trinajstić information content (AvgIpc) is 2.51. The largest absolute Gasteiger partial charge is 0.466 e. The summed E-state index contributed by atoms with van der Waals surface area (Å²) in [6.45, 7) is 3.80. The van der Waals surface area contributed by atoms with Crippen LogP contribution in [0.1, 0.15) is 58.8 Å². The minimum absolute atomic E-state index is 0.233. The molecule has 0 fully saturated rings. The summed E-state index contributed by atoms with van der Waals surface area (Å²) < 4.78 is 9.95. The quantitative estimate of drug-likeness (QED) is 0.320. The van der Waals surface area contributed by atoms with Gasteiger partial charge in [0, 0.05) is 20.3 Å². The van der Waals surface area contributed by atoms with Gasteiger partial charge in [-0.1, -0.05) is 7.92 Å². The fourth-order valence-corrected chi connectivity index (χ4v) is 5.47. The molecular weight excluding hydrogens is 327 g/mol. The lowest BCUT2D eigenvalue weighted by molar-refractivity contribution is -0.142. The number of esters is 2. The van der Waals surface area contributed by atoms with Crippen molar-refractivity contribution in [3.63, 3.8) is 0 Å². The van der Waals surface area contributed by atoms with E-state index in [0.717, 1.165) is 50.8 Å². The second-order valence-corrected chi connectivity index (χ2v) is 8.59. The van der Waals surface area contributed by atoms with Crippen molar-refractivity contribution in [3.8, 4) is 0 Å². The Morgan fingerprint density at radius 3 is 1.96 bits per heavy atom. The number of unbranched alkanes of at least 4 members (excludes halogenated alkanes) is 2. The van der Waals surface area contributed by atoms with E-state index < -0.39 is 0 Å². The summed E-state index contributed by atoms with van der Waals surface area (Å²) >= 11 is 0. The highest BCUT2D eigenvalue weighted by Crippen LogP contribution is 2.49. The van der Waals surface area contributed by atoms with Gasteiger partial charge in [0.2, 0.25) is 0 Å². The Labute approximate surface area is 145 Å². The monoisotopic (exact) mass is 356 g/mol. The fraction of sp³-hybridized carbons (Fsp3) is 0.722. The lowest BCUT2D eigenvalue weighted by atomic mass is 10.1. The van der Waals surface area contributed by atoms with Gasteiger partial charge < -0.3 is 9.47 Å². The predicted molar refractivity (Wildman–Crippen MR) is 95.3 cm³/mol. The first kappa shape index (κ1) is 20.8. The number of hydrogen-bond acceptors (Lipinski definition) is 5. The third kappa shape index (κ3) is 9.82. The number of ketones is 1. The lowest BCUT2D eigenvalue weighted by Crippen LogP contribution is -2.06. The molecule has 0 aromatic carbocycles. The maximum absolute atomic E-state index is 11.7. The Morgan fingerprint density at radius 1 is 0.958 bits per heavy atom. The minimum atomic E-state index is -0.310. The number of carbonyl (C=O) groups excluding carboxylic acids is 3. The van der Waals surface area contributed by atoms with Crippen LogP contribution in [0.15, 0.2) is 11.4 Å². The molecule has 0 N–H and O–H groups in total. The first-order chi connectivity index (χ1) is 11.5. The van der Waals surface area contributed by atoms with Gasteiger partial charge in [-0.3, -0.25) is 14.4 Å². The summed E-state index contributed by atoms with van der Waals surface area (Å²) in [6.07, 6.45) is 10.4. The van der Waals surface area contributed by atoms with Gasteiger partial charge in [0.25, 0.3) is 0 Å². The summed E-state index contributed by atoms with van der Waals surface area (Å²) in [4.78, 5) is 33.2. The highest BCUT2D eigenvalue weighted by molar-refractivity contribution is 7.62. The molecule has 0 amide bonds. The van der Waals surface area contributed by atoms with Crippen LogP contribution in [0.5, 0.6) is 0 Å². The molecule has 0 saturated heterocycles. The Bertz CT molecular complexity index is 434. The van der Waals surface area contributed by atoms with E-state index in [1.807, 2.05) is 6.08 Å². The van der Waals surface area contributed by atoms with Gasteiger partial charge in [0.05, 0.1) is 13.2 Å². The number of carbonyl (C=O) groups is 3. The van der Waals surface area contributed by atoms with Gasteiger partial charge in [0.15, 0.2) is 5.78 Å². The summed E-state index contributed by atoms with van der Waals surface area (Å²) in [7, 11) is -0.310. The van der Waals surface area contributed by atoms with Crippen molar-refractivity contribution in [1.29, 1.82) is 0 Å². The molecule has 0 bridgehead atoms. The number of allylic oxidation sites excluding steroid dienone is 2. The van der Waals surface area contributed by atoms with Crippen molar-refractivity contribution < 1.29 is 23.9 Å². The molecule has 0 atom stereocenters. The Balaban J connectivity index is 2.39. The van der Waals surface area contributed by atoms with E-state index in [1.54, 1.807) is 0 Å². The van der Waals surface area contributed by atoms with Crippen LogP contribution in [0, 0.1) is 0 Å². The summed E-state index contributed by atoms with van der Waals surface area (Å²) in [6, 6.07) is 0.